The van der Waals surface area contributed by atoms with Crippen molar-refractivity contribution in [3.05, 3.63) is 38.1 Å². The molecule has 0 atom stereocenters. The van der Waals surface area contributed by atoms with Crippen LogP contribution < -0.4 is 0 Å². The largest absolute Gasteiger partial charge is 0.463 e. The van der Waals surface area contributed by atoms with E-state index in [4.69, 9.17) is 4.74 Å². The Hall–Kier alpha value is -1.76. The number of nitro groups is 1. The molecule has 0 spiro atoms. The lowest BCUT2D eigenvalue weighted by molar-refractivity contribution is -0.385. The van der Waals surface area contributed by atoms with Gasteiger partial charge >= 0.3 is 5.97 Å². The standard InChI is InChI=1S/C12H13BrN2O4/c1-3-8(12(16)19-4-2)5-10-11(15(17)18)6-9(13)7-14-10/h5-7H,3-4H2,1-2H3/b8-5+. The Morgan fingerprint density at radius 1 is 1.58 bits per heavy atom. The number of esters is 1. The zero-order valence-electron chi connectivity index (χ0n) is 10.6. The maximum Gasteiger partial charge on any atom is 0.334 e. The number of carbonyl (C=O) groups is 1. The predicted molar refractivity (Wildman–Crippen MR) is 73.5 cm³/mol. The second-order valence-corrected chi connectivity index (χ2v) is 4.47. The highest BCUT2D eigenvalue weighted by atomic mass is 79.9. The monoisotopic (exact) mass is 328 g/mol. The van der Waals surface area contributed by atoms with Gasteiger partial charge in [0.1, 0.15) is 5.69 Å². The quantitative estimate of drug-likeness (QED) is 0.359. The van der Waals surface area contributed by atoms with E-state index in [9.17, 15) is 14.9 Å². The lowest BCUT2D eigenvalue weighted by Gasteiger charge is -2.04. The molecule has 7 heteroatoms. The first kappa shape index (κ1) is 15.3. The summed E-state index contributed by atoms with van der Waals surface area (Å²) in [5.74, 6) is -0.482. The Bertz CT molecular complexity index is 528. The fraction of sp³-hybridized carbons (Fsp3) is 0.333. The average Bonchev–Trinajstić information content (AvgIpc) is 2.37. The van der Waals surface area contributed by atoms with Crippen molar-refractivity contribution in [2.24, 2.45) is 0 Å². The lowest BCUT2D eigenvalue weighted by Crippen LogP contribution is -2.07. The third-order valence-corrected chi connectivity index (χ3v) is 2.72. The van der Waals surface area contributed by atoms with Crippen LogP contribution in [0.5, 0.6) is 0 Å². The third kappa shape index (κ3) is 4.13. The van der Waals surface area contributed by atoms with Gasteiger partial charge in [-0.1, -0.05) is 6.92 Å². The molecule has 6 nitrogen and oxygen atoms in total. The van der Waals surface area contributed by atoms with E-state index in [1.165, 1.54) is 18.3 Å². The Kier molecular flexibility index (Phi) is 5.62. The molecule has 0 N–H and O–H groups in total. The van der Waals surface area contributed by atoms with Gasteiger partial charge in [-0.15, -0.1) is 0 Å². The molecule has 0 aliphatic rings. The number of pyridine rings is 1. The summed E-state index contributed by atoms with van der Waals surface area (Å²) >= 11 is 3.12. The molecule has 0 bridgehead atoms. The second-order valence-electron chi connectivity index (χ2n) is 3.56. The zero-order chi connectivity index (χ0) is 14.4. The first-order chi connectivity index (χ1) is 8.99. The molecule has 0 aliphatic heterocycles. The molecule has 19 heavy (non-hydrogen) atoms. The van der Waals surface area contributed by atoms with E-state index < -0.39 is 10.9 Å². The van der Waals surface area contributed by atoms with Gasteiger partial charge in [0.2, 0.25) is 0 Å². The highest BCUT2D eigenvalue weighted by Crippen LogP contribution is 2.24. The van der Waals surface area contributed by atoms with Crippen molar-refractivity contribution in [2.75, 3.05) is 6.61 Å². The summed E-state index contributed by atoms with van der Waals surface area (Å²) in [6.45, 7) is 3.73. The van der Waals surface area contributed by atoms with Crippen molar-refractivity contribution in [3.63, 3.8) is 0 Å². The van der Waals surface area contributed by atoms with Crippen LogP contribution in [0.25, 0.3) is 6.08 Å². The van der Waals surface area contributed by atoms with Crippen LogP contribution in [0, 0.1) is 10.1 Å². The molecule has 0 fully saturated rings. The molecule has 0 aromatic carbocycles. The summed E-state index contributed by atoms with van der Waals surface area (Å²) in [7, 11) is 0. The zero-order valence-corrected chi connectivity index (χ0v) is 12.1. The van der Waals surface area contributed by atoms with Crippen molar-refractivity contribution in [2.45, 2.75) is 20.3 Å². The van der Waals surface area contributed by atoms with Crippen LogP contribution in [-0.4, -0.2) is 22.5 Å². The van der Waals surface area contributed by atoms with Gasteiger partial charge in [-0.2, -0.15) is 0 Å². The Balaban J connectivity index is 3.21. The highest BCUT2D eigenvalue weighted by molar-refractivity contribution is 9.10. The van der Waals surface area contributed by atoms with Crippen molar-refractivity contribution >= 4 is 33.7 Å². The second kappa shape index (κ2) is 6.98. The third-order valence-electron chi connectivity index (χ3n) is 2.29. The van der Waals surface area contributed by atoms with Gasteiger partial charge in [-0.05, 0) is 35.4 Å². The summed E-state index contributed by atoms with van der Waals surface area (Å²) < 4.78 is 5.38. The van der Waals surface area contributed by atoms with E-state index >= 15 is 0 Å². The van der Waals surface area contributed by atoms with Crippen molar-refractivity contribution < 1.29 is 14.5 Å². The maximum absolute atomic E-state index is 11.6. The van der Waals surface area contributed by atoms with Crippen LogP contribution in [0.15, 0.2) is 22.3 Å². The number of rotatable bonds is 5. The molecular formula is C12H13BrN2O4. The molecule has 0 amide bonds. The van der Waals surface area contributed by atoms with Crippen LogP contribution in [0.4, 0.5) is 5.69 Å². The number of nitrogens with zero attached hydrogens (tertiary/aromatic N) is 2. The lowest BCUT2D eigenvalue weighted by atomic mass is 10.1. The molecule has 1 heterocycles. The van der Waals surface area contributed by atoms with Gasteiger partial charge in [-0.3, -0.25) is 10.1 Å². The van der Waals surface area contributed by atoms with Gasteiger partial charge < -0.3 is 4.74 Å². The van der Waals surface area contributed by atoms with Crippen LogP contribution >= 0.6 is 15.9 Å². The van der Waals surface area contributed by atoms with E-state index in [1.54, 1.807) is 13.8 Å². The summed E-state index contributed by atoms with van der Waals surface area (Å²) in [5, 5.41) is 10.9. The molecule has 0 saturated heterocycles. The van der Waals surface area contributed by atoms with Gasteiger partial charge in [0, 0.05) is 22.3 Å². The fourth-order valence-corrected chi connectivity index (χ4v) is 1.71. The predicted octanol–water partition coefficient (Wildman–Crippen LogP) is 3.11. The van der Waals surface area contributed by atoms with E-state index in [-0.39, 0.29) is 18.0 Å². The van der Waals surface area contributed by atoms with Crippen LogP contribution in [0.3, 0.4) is 0 Å². The van der Waals surface area contributed by atoms with E-state index in [0.29, 0.717) is 16.5 Å². The number of halogens is 1. The Labute approximate surface area is 118 Å². The first-order valence-electron chi connectivity index (χ1n) is 5.67. The molecule has 0 radical (unpaired) electrons. The van der Waals surface area contributed by atoms with Crippen molar-refractivity contribution in [1.29, 1.82) is 0 Å². The average molecular weight is 329 g/mol. The minimum atomic E-state index is -0.540. The van der Waals surface area contributed by atoms with E-state index in [2.05, 4.69) is 20.9 Å². The van der Waals surface area contributed by atoms with Gasteiger partial charge in [-0.25, -0.2) is 9.78 Å². The summed E-state index contributed by atoms with van der Waals surface area (Å²) in [6.07, 6.45) is 3.24. The van der Waals surface area contributed by atoms with Gasteiger partial charge in [0.05, 0.1) is 11.5 Å². The molecule has 1 aromatic rings. The number of ether oxygens (including phenoxy) is 1. The minimum Gasteiger partial charge on any atom is -0.463 e. The normalized spacial score (nSPS) is 11.2. The molecule has 102 valence electrons. The number of hydrogen-bond acceptors (Lipinski definition) is 5. The molecular weight excluding hydrogens is 316 g/mol. The van der Waals surface area contributed by atoms with Crippen molar-refractivity contribution in [3.8, 4) is 0 Å². The highest BCUT2D eigenvalue weighted by Gasteiger charge is 2.17. The maximum atomic E-state index is 11.6. The number of carbonyl (C=O) groups excluding carboxylic acids is 1. The molecule has 0 saturated carbocycles. The minimum absolute atomic E-state index is 0.137. The Morgan fingerprint density at radius 3 is 2.79 bits per heavy atom. The van der Waals surface area contributed by atoms with E-state index in [0.717, 1.165) is 0 Å². The molecule has 1 aromatic heterocycles. The van der Waals surface area contributed by atoms with Crippen molar-refractivity contribution in [1.82, 2.24) is 4.98 Å². The number of aromatic nitrogens is 1. The van der Waals surface area contributed by atoms with Crippen LogP contribution in [0.2, 0.25) is 0 Å². The first-order valence-corrected chi connectivity index (χ1v) is 6.46. The smallest absolute Gasteiger partial charge is 0.334 e. The summed E-state index contributed by atoms with van der Waals surface area (Å²) in [4.78, 5) is 26.0. The van der Waals surface area contributed by atoms with Gasteiger partial charge in [0.25, 0.3) is 5.69 Å². The van der Waals surface area contributed by atoms with Gasteiger partial charge in [0.15, 0.2) is 0 Å². The molecule has 1 rings (SSSR count). The molecule has 0 aliphatic carbocycles. The summed E-state index contributed by atoms with van der Waals surface area (Å²) in [5.41, 5.74) is 0.322. The topological polar surface area (TPSA) is 82.3 Å². The fourth-order valence-electron chi connectivity index (χ4n) is 1.39. The molecule has 0 unspecified atom stereocenters. The van der Waals surface area contributed by atoms with Crippen LogP contribution in [-0.2, 0) is 9.53 Å². The SMILES string of the molecule is CCOC(=O)/C(=C/c1ncc(Br)cc1[N+](=O)[O-])CC. The summed E-state index contributed by atoms with van der Waals surface area (Å²) in [6, 6.07) is 1.34. The van der Waals surface area contributed by atoms with E-state index in [1.807, 2.05) is 0 Å². The number of hydrogen-bond donors (Lipinski definition) is 0. The Morgan fingerprint density at radius 2 is 2.26 bits per heavy atom. The van der Waals surface area contributed by atoms with Crippen LogP contribution in [0.1, 0.15) is 26.0 Å².